The number of aromatic nitrogens is 17. The van der Waals surface area contributed by atoms with Crippen molar-refractivity contribution in [1.29, 1.82) is 0 Å². The molecule has 28 atom stereocenters. The molecule has 0 bridgehead atoms. The number of aryl methyl sites for hydroxylation is 2. The van der Waals surface area contributed by atoms with Gasteiger partial charge in [0.25, 0.3) is 5.56 Å². The van der Waals surface area contributed by atoms with Crippen LogP contribution in [0.3, 0.4) is 0 Å². The minimum absolute atomic E-state index is 0.0308. The third-order valence-corrected chi connectivity index (χ3v) is 28.0. The molecule has 10 aromatic rings. The number of pyridine rings is 3. The number of anilines is 3. The summed E-state index contributed by atoms with van der Waals surface area (Å²) >= 11 is 22.8. The van der Waals surface area contributed by atoms with E-state index in [4.69, 9.17) is 107 Å². The topological polar surface area (TPSA) is 704 Å². The molecular weight excluding hydrogens is 2090 g/mol. The van der Waals surface area contributed by atoms with Crippen LogP contribution in [0.4, 0.5) is 56.6 Å². The molecule has 19 heterocycles. The number of alkyl halides is 12. The molecule has 149 heavy (non-hydrogen) atoms. The summed E-state index contributed by atoms with van der Waals surface area (Å²) in [5.41, 5.74) is 15.1. The van der Waals surface area contributed by atoms with Gasteiger partial charge in [-0.15, -0.1) is 53.0 Å². The molecule has 9 aliphatic heterocycles. The van der Waals surface area contributed by atoms with Gasteiger partial charge in [-0.05, 0) is 51.5 Å². The lowest BCUT2D eigenvalue weighted by atomic mass is 9.94. The number of amidine groups is 2. The molecule has 0 amide bonds. The highest BCUT2D eigenvalue weighted by Crippen LogP contribution is 2.49. The number of aliphatic hydroxyl groups is 14. The van der Waals surface area contributed by atoms with Crippen LogP contribution in [0.2, 0.25) is 0 Å². The molecule has 0 spiro atoms. The number of hydrogen-bond donors (Lipinski definition) is 20. The van der Waals surface area contributed by atoms with Gasteiger partial charge in [-0.1, -0.05) is 26.2 Å². The molecule has 0 aromatic carbocycles. The molecule has 0 radical (unpaired) electrons. The van der Waals surface area contributed by atoms with Crippen LogP contribution in [0, 0.1) is 13.8 Å². The predicted octanol–water partition coefficient (Wildman–Crippen LogP) is 0.736. The Hall–Kier alpha value is -11.1. The molecule has 7 fully saturated rings. The van der Waals surface area contributed by atoms with Crippen molar-refractivity contribution in [2.75, 3.05) is 107 Å². The smallest absolute Gasteiger partial charge is 0.279 e. The Labute approximate surface area is 857 Å². The quantitative estimate of drug-likeness (QED) is 0.0238. The molecular formula is C87H109Cl4F9N26O23. The molecule has 62 heteroatoms. The summed E-state index contributed by atoms with van der Waals surface area (Å²) < 4.78 is 177. The number of aromatic amines is 1. The fourth-order valence-corrected chi connectivity index (χ4v) is 18.4. The van der Waals surface area contributed by atoms with Crippen molar-refractivity contribution >= 4 is 131 Å². The maximum Gasteiger partial charge on any atom is 0.279 e. The Morgan fingerprint density at radius 1 is 0.477 bits per heavy atom. The van der Waals surface area contributed by atoms with Crippen molar-refractivity contribution < 1.29 is 149 Å². The van der Waals surface area contributed by atoms with Crippen LogP contribution in [-0.4, -0.2) is 403 Å². The van der Waals surface area contributed by atoms with Crippen LogP contribution in [-0.2, 0) is 33.2 Å². The van der Waals surface area contributed by atoms with E-state index in [1.54, 1.807) is 52.2 Å². The average Bonchev–Trinajstić information content (AvgIpc) is 1.62. The highest BCUT2D eigenvalue weighted by Gasteiger charge is 2.63. The number of nitrogen functional groups attached to an aromatic ring is 3. The van der Waals surface area contributed by atoms with E-state index in [9.17, 15) is 116 Å². The van der Waals surface area contributed by atoms with Crippen molar-refractivity contribution in [3.05, 3.63) is 152 Å². The molecule has 49 nitrogen and oxygen atoms in total. The van der Waals surface area contributed by atoms with Crippen LogP contribution < -0.4 is 38.5 Å². The minimum atomic E-state index is -1.99. The number of nitrogens with two attached hydrogens (primary N) is 4. The van der Waals surface area contributed by atoms with Crippen LogP contribution in [0.5, 0.6) is 5.88 Å². The van der Waals surface area contributed by atoms with E-state index >= 15 is 0 Å². The number of aliphatic imine (C=N–C) groups is 2. The Bertz CT molecular complexity index is 6310. The number of H-pyrrole nitrogens is 1. The molecule has 19 rings (SSSR count). The highest BCUT2D eigenvalue weighted by molar-refractivity contribution is 6.19. The normalized spacial score (nSPS) is 33.8. The fourth-order valence-electron chi connectivity index (χ4n) is 17.2. The number of ether oxygens (including phenoxy) is 8. The zero-order valence-electron chi connectivity index (χ0n) is 79.4. The number of aliphatic hydroxyl groups excluding tert-OH is 14. The lowest BCUT2D eigenvalue weighted by Crippen LogP contribution is -2.47. The van der Waals surface area contributed by atoms with Crippen LogP contribution in [0.15, 0.2) is 145 Å². The van der Waals surface area contributed by atoms with Gasteiger partial charge in [-0.25, -0.2) is 94.3 Å². The molecule has 9 aliphatic rings. The van der Waals surface area contributed by atoms with Crippen molar-refractivity contribution in [2.24, 2.45) is 15.7 Å². The van der Waals surface area contributed by atoms with Gasteiger partial charge >= 0.3 is 0 Å². The van der Waals surface area contributed by atoms with Gasteiger partial charge in [0.2, 0.25) is 5.88 Å². The average molecular weight is 2200 g/mol. The lowest BCUT2D eigenvalue weighted by molar-refractivity contribution is -0.136. The maximum atomic E-state index is 14.6. The first-order valence-electron chi connectivity index (χ1n) is 45.1. The summed E-state index contributed by atoms with van der Waals surface area (Å²) in [4.78, 5) is 69.3. The van der Waals surface area contributed by atoms with Crippen molar-refractivity contribution in [3.8, 4) is 5.88 Å². The first-order chi connectivity index (χ1) is 70.9. The summed E-state index contributed by atoms with van der Waals surface area (Å²) in [5.74, 6) is -0.413. The Morgan fingerprint density at radius 3 is 1.17 bits per heavy atom. The first-order valence-corrected chi connectivity index (χ1v) is 47.3. The van der Waals surface area contributed by atoms with Crippen molar-refractivity contribution in [2.45, 2.75) is 203 Å². The van der Waals surface area contributed by atoms with E-state index < -0.39 is 233 Å². The molecule has 10 aromatic heterocycles. The second-order valence-corrected chi connectivity index (χ2v) is 36.2. The van der Waals surface area contributed by atoms with Gasteiger partial charge < -0.3 is 152 Å². The van der Waals surface area contributed by atoms with Crippen LogP contribution >= 0.6 is 46.4 Å². The lowest BCUT2D eigenvalue weighted by Gasteiger charge is -2.34. The van der Waals surface area contributed by atoms with E-state index in [0.29, 0.717) is 91.9 Å². The molecule has 0 saturated carbocycles. The molecule has 0 unspecified atom stereocenters. The summed E-state index contributed by atoms with van der Waals surface area (Å²) in [7, 11) is 1.60. The van der Waals surface area contributed by atoms with Gasteiger partial charge in [0.05, 0.1) is 125 Å². The van der Waals surface area contributed by atoms with Gasteiger partial charge in [-0.3, -0.25) is 32.6 Å². The number of rotatable bonds is 23. The van der Waals surface area contributed by atoms with E-state index in [0.717, 1.165) is 11.1 Å². The monoisotopic (exact) mass is 2200 g/mol. The van der Waals surface area contributed by atoms with Gasteiger partial charge in [0, 0.05) is 38.0 Å². The summed E-state index contributed by atoms with van der Waals surface area (Å²) in [6.45, 7) is 12.3. The van der Waals surface area contributed by atoms with E-state index in [-0.39, 0.29) is 58.4 Å². The second kappa shape index (κ2) is 46.6. The third kappa shape index (κ3) is 20.9. The Balaban J connectivity index is 0.000000145. The Morgan fingerprint density at radius 2 is 0.826 bits per heavy atom. The number of fused-ring (bicyclic) bond motifs is 5. The largest absolute Gasteiger partial charge is 0.476 e. The van der Waals surface area contributed by atoms with Gasteiger partial charge in [0.15, 0.2) is 143 Å². The number of nitrogens with one attached hydrogen (secondary N) is 2. The predicted molar refractivity (Wildman–Crippen MR) is 513 cm³/mol. The number of nitrogens with zero attached hydrogens (tertiary/aromatic N) is 20. The van der Waals surface area contributed by atoms with Gasteiger partial charge in [0.1, 0.15) is 129 Å². The molecule has 7 saturated heterocycles. The fraction of sp³-hybridized carbons (Fsp3) is 0.540. The number of imidazole rings is 5. The first kappa shape index (κ1) is 115. The number of halogens is 13. The maximum absolute atomic E-state index is 14.6. The summed E-state index contributed by atoms with van der Waals surface area (Å²) in [6, 6.07) is 4.71. The standard InChI is InChI=1S/C15H19FN4O4.C13H17FN4O3.C12H14ClFN4O4.C12H14ClFN4O3.C12H17ClFN3O3.C12H14F2N4O3.C11H14ClF2N3O3/c1-4-15(6-21)11(22)9(16)14(24-15)20-7-17-10-12(20)18-8(3)19-13(10)23-5-2;1-2-13(5-19)10(20)8(14)12(21-13)18-6-17-9-7(15)3-4-16-11(9)18;1-5-16-9-7(10(21)17-5)15-4-18(9)11-6(14)8(20)12(2-13,3-19)22-11;13-3-12(4-19)9(20)7(14)11(21-12)18-5-17-8-6(15)1-2-16-10(8)18;1-7-16-8(15-2)3-4-17(7)11-9(14)10(19)12(5-13,6-18)20-11;13-3-12(4-19)9(20)7(14)11(21-12)18-5-17-8-6(15)1-2-16-10(8)18;1-5-16-9(15)6(13)2-17(5)10-7(14)8(19)11(3-12,4-18)20-10/h4,7,9,11,14,21-22H,1,5-6H2,2-3H3;3-4,6,8,10,12,19-20H,2,5H2,1H3,(H2,15,16);4,6,8,11,19-20H,2-3H2,1H3,(H,16,17,21);1-2,5,7,9,11,19-20H,3-4H2,(H2,15,16);3-4,9-11,18-19H,1,5-6H2,2H3,(H,15,16);1-2,5,7,9,11,19-20H,3-4H2,(H2,15,16);2,7-8,10,18-19H,1,3-4H2,(H2,15,16)/t9-,11+,14-,15-;8-,10+,12-,13-;6-,8+,11-,12-;7-,9+,11-,12-;9-,10+,11-,12-;7-,9+,11-,12-;7-,8+,10-,11-/m1111111/s1. The van der Waals surface area contributed by atoms with E-state index in [1.807, 2.05) is 6.92 Å². The van der Waals surface area contributed by atoms with Gasteiger partial charge in [-0.2, -0.15) is 4.98 Å². The Kier molecular flexibility index (Phi) is 36.0. The minimum Gasteiger partial charge on any atom is -0.476 e. The zero-order chi connectivity index (χ0) is 109. The molecule has 816 valence electrons. The van der Waals surface area contributed by atoms with E-state index in [2.05, 4.69) is 94.8 Å². The van der Waals surface area contributed by atoms with E-state index in [1.165, 1.54) is 90.1 Å². The summed E-state index contributed by atoms with van der Waals surface area (Å²) in [5, 5.41) is 138. The van der Waals surface area contributed by atoms with Crippen molar-refractivity contribution in [1.82, 2.24) is 97.8 Å². The second-order valence-electron chi connectivity index (χ2n) is 35.1. The molecule has 24 N–H and O–H groups in total. The SMILES string of the molecule is C=C1N=C(N)C(F)=CN1[C@@H]1O[C@@](CO)(CCl)[C@@H](O)[C@H]1F.C=C1NC(=NC)C=CN1[C@@H]1O[C@@](CO)(CCl)[C@@H](O)[C@H]1F.C=C[C@]1(CO)O[C@@H](n2cnc3c(OCC)nc(C)nc32)[C@H](F)[C@@H]1O.CC[C@]1(CO)O[C@@H](n2cnc3c(N)ccnc32)[C@H](F)[C@@H]1O.Cc1nc2c(ncn2[C@@H]2O[C@@](CO)(CCl)[C@@H](O)[C@H]2F)c(=O)[nH]1.Nc1ccnc2c1ncn2[C@@H]1O[C@@](CO)(CCl)[C@@H](O)[C@H]1F.Nc1ccnc2c1ncn2[C@@H]1O[C@@](CO)(CF)[C@@H](O)[C@H]1F. The highest BCUT2D eigenvalue weighted by atomic mass is 35.5. The summed E-state index contributed by atoms with van der Waals surface area (Å²) in [6.07, 6.45) is -16.1. The van der Waals surface area contributed by atoms with Crippen LogP contribution in [0.25, 0.3) is 55.8 Å². The van der Waals surface area contributed by atoms with Crippen molar-refractivity contribution in [3.63, 3.8) is 0 Å². The third-order valence-electron chi connectivity index (χ3n) is 26.1. The van der Waals surface area contributed by atoms with Crippen LogP contribution in [0.1, 0.15) is 63.1 Å². The molecule has 0 aliphatic carbocycles. The number of hydrogen-bond acceptors (Lipinski definition) is 42. The zero-order valence-corrected chi connectivity index (χ0v) is 82.4.